The Hall–Kier alpha value is -1.62. The monoisotopic (exact) mass is 242 g/mol. The van der Waals surface area contributed by atoms with Gasteiger partial charge < -0.3 is 14.6 Å². The summed E-state index contributed by atoms with van der Waals surface area (Å²) in [5.41, 5.74) is -0.447. The van der Waals surface area contributed by atoms with Gasteiger partial charge in [-0.15, -0.1) is 0 Å². The van der Waals surface area contributed by atoms with Gasteiger partial charge in [-0.05, 0) is 26.0 Å². The largest absolute Gasteiger partial charge is 0.490 e. The van der Waals surface area contributed by atoms with Gasteiger partial charge in [-0.1, -0.05) is 6.07 Å². The van der Waals surface area contributed by atoms with Gasteiger partial charge in [0.15, 0.2) is 0 Å². The fraction of sp³-hybridized carbons (Fsp3) is 0.417. The lowest BCUT2D eigenvalue weighted by molar-refractivity contribution is 0.0536. The minimum absolute atomic E-state index is 0.0184. The van der Waals surface area contributed by atoms with Crippen molar-refractivity contribution in [3.63, 3.8) is 0 Å². The zero-order chi connectivity index (χ0) is 12.8. The molecule has 0 spiro atoms. The van der Waals surface area contributed by atoms with Crippen LogP contribution in [-0.4, -0.2) is 30.4 Å². The van der Waals surface area contributed by atoms with Crippen LogP contribution in [0, 0.1) is 5.82 Å². The Balaban J connectivity index is 2.64. The third kappa shape index (κ3) is 4.03. The van der Waals surface area contributed by atoms with E-state index in [2.05, 4.69) is 0 Å². The van der Waals surface area contributed by atoms with Gasteiger partial charge in [0.2, 0.25) is 0 Å². The number of benzene rings is 1. The highest BCUT2D eigenvalue weighted by Gasteiger charge is 2.16. The summed E-state index contributed by atoms with van der Waals surface area (Å²) in [7, 11) is 0. The fourth-order valence-electron chi connectivity index (χ4n) is 1.27. The first-order valence-electron chi connectivity index (χ1n) is 5.28. The van der Waals surface area contributed by atoms with Gasteiger partial charge in [-0.25, -0.2) is 9.18 Å². The smallest absolute Gasteiger partial charge is 0.342 e. The quantitative estimate of drug-likeness (QED) is 0.778. The molecule has 0 aromatic heterocycles. The standard InChI is InChI=1S/C12H15FO4/c1-8(2)16-6-7-17-10-5-3-4-9(13)11(10)12(14)15/h3-5,8H,6-7H2,1-2H3,(H,14,15). The molecule has 0 saturated heterocycles. The Labute approximate surface area is 99.0 Å². The third-order valence-corrected chi connectivity index (χ3v) is 1.98. The highest BCUT2D eigenvalue weighted by Crippen LogP contribution is 2.21. The first-order chi connectivity index (χ1) is 8.02. The molecule has 94 valence electrons. The van der Waals surface area contributed by atoms with E-state index in [1.54, 1.807) is 0 Å². The van der Waals surface area contributed by atoms with Crippen LogP contribution in [0.4, 0.5) is 4.39 Å². The topological polar surface area (TPSA) is 55.8 Å². The van der Waals surface area contributed by atoms with Gasteiger partial charge in [0.1, 0.15) is 23.7 Å². The summed E-state index contributed by atoms with van der Waals surface area (Å²) < 4.78 is 23.7. The fourth-order valence-corrected chi connectivity index (χ4v) is 1.27. The maximum absolute atomic E-state index is 13.2. The molecule has 0 unspecified atom stereocenters. The van der Waals surface area contributed by atoms with Crippen molar-refractivity contribution >= 4 is 5.97 Å². The molecule has 0 saturated carbocycles. The molecule has 0 fully saturated rings. The molecule has 1 rings (SSSR count). The number of ether oxygens (including phenoxy) is 2. The van der Waals surface area contributed by atoms with E-state index < -0.39 is 17.3 Å². The van der Waals surface area contributed by atoms with Crippen LogP contribution in [0.15, 0.2) is 18.2 Å². The van der Waals surface area contributed by atoms with Crippen molar-refractivity contribution in [2.75, 3.05) is 13.2 Å². The minimum Gasteiger partial charge on any atom is -0.490 e. The van der Waals surface area contributed by atoms with Crippen LogP contribution in [0.2, 0.25) is 0 Å². The van der Waals surface area contributed by atoms with E-state index in [0.29, 0.717) is 6.61 Å². The summed E-state index contributed by atoms with van der Waals surface area (Å²) in [5.74, 6) is -2.13. The molecule has 0 heterocycles. The number of carboxylic acid groups (broad SMARTS) is 1. The van der Waals surface area contributed by atoms with Gasteiger partial charge in [-0.2, -0.15) is 0 Å². The number of halogens is 1. The molecule has 0 bridgehead atoms. The van der Waals surface area contributed by atoms with E-state index >= 15 is 0 Å². The van der Waals surface area contributed by atoms with Crippen LogP contribution in [0.5, 0.6) is 5.75 Å². The highest BCUT2D eigenvalue weighted by molar-refractivity contribution is 5.91. The van der Waals surface area contributed by atoms with Crippen molar-refractivity contribution in [1.82, 2.24) is 0 Å². The zero-order valence-corrected chi connectivity index (χ0v) is 9.77. The normalized spacial score (nSPS) is 10.6. The SMILES string of the molecule is CC(C)OCCOc1cccc(F)c1C(=O)O. The number of hydrogen-bond acceptors (Lipinski definition) is 3. The average Bonchev–Trinajstić information content (AvgIpc) is 2.23. The Morgan fingerprint density at radius 2 is 2.12 bits per heavy atom. The van der Waals surface area contributed by atoms with E-state index in [9.17, 15) is 9.18 Å². The Kier molecular flexibility index (Phi) is 4.90. The predicted molar refractivity (Wildman–Crippen MR) is 59.9 cm³/mol. The molecule has 1 aromatic rings. The lowest BCUT2D eigenvalue weighted by atomic mass is 10.2. The molecular formula is C12H15FO4. The van der Waals surface area contributed by atoms with Gasteiger partial charge in [-0.3, -0.25) is 0 Å². The minimum atomic E-state index is -1.34. The molecule has 0 atom stereocenters. The van der Waals surface area contributed by atoms with Gasteiger partial charge in [0.05, 0.1) is 12.7 Å². The molecule has 1 N–H and O–H groups in total. The lowest BCUT2D eigenvalue weighted by Gasteiger charge is -2.11. The lowest BCUT2D eigenvalue weighted by Crippen LogP contribution is -2.13. The Morgan fingerprint density at radius 3 is 2.71 bits per heavy atom. The van der Waals surface area contributed by atoms with Gasteiger partial charge >= 0.3 is 5.97 Å². The molecule has 5 heteroatoms. The Morgan fingerprint density at radius 1 is 1.41 bits per heavy atom. The second kappa shape index (κ2) is 6.20. The van der Waals surface area contributed by atoms with Crippen LogP contribution in [-0.2, 0) is 4.74 Å². The molecule has 0 aliphatic rings. The van der Waals surface area contributed by atoms with Crippen molar-refractivity contribution in [3.8, 4) is 5.75 Å². The van der Waals surface area contributed by atoms with Crippen LogP contribution in [0.25, 0.3) is 0 Å². The number of carboxylic acids is 1. The third-order valence-electron chi connectivity index (χ3n) is 1.98. The number of aromatic carboxylic acids is 1. The van der Waals surface area contributed by atoms with Crippen LogP contribution >= 0.6 is 0 Å². The number of rotatable bonds is 6. The second-order valence-electron chi connectivity index (χ2n) is 3.69. The van der Waals surface area contributed by atoms with Crippen molar-refractivity contribution < 1.29 is 23.8 Å². The zero-order valence-electron chi connectivity index (χ0n) is 9.77. The van der Waals surface area contributed by atoms with E-state index in [4.69, 9.17) is 14.6 Å². The first-order valence-corrected chi connectivity index (χ1v) is 5.28. The molecule has 0 radical (unpaired) electrons. The van der Waals surface area contributed by atoms with Gasteiger partial charge in [0, 0.05) is 0 Å². The summed E-state index contributed by atoms with van der Waals surface area (Å²) in [5, 5.41) is 8.84. The first kappa shape index (κ1) is 13.4. The van der Waals surface area contributed by atoms with E-state index in [1.807, 2.05) is 13.8 Å². The highest BCUT2D eigenvalue weighted by atomic mass is 19.1. The summed E-state index contributed by atoms with van der Waals surface area (Å²) in [4.78, 5) is 10.8. The molecule has 17 heavy (non-hydrogen) atoms. The van der Waals surface area contributed by atoms with Crippen molar-refractivity contribution in [2.45, 2.75) is 20.0 Å². The maximum atomic E-state index is 13.2. The van der Waals surface area contributed by atoms with Crippen LogP contribution < -0.4 is 4.74 Å². The van der Waals surface area contributed by atoms with E-state index in [0.717, 1.165) is 6.07 Å². The maximum Gasteiger partial charge on any atom is 0.342 e. The summed E-state index contributed by atoms with van der Waals surface area (Å²) >= 11 is 0. The van der Waals surface area contributed by atoms with Crippen molar-refractivity contribution in [3.05, 3.63) is 29.6 Å². The van der Waals surface area contributed by atoms with Crippen LogP contribution in [0.1, 0.15) is 24.2 Å². The van der Waals surface area contributed by atoms with Crippen LogP contribution in [0.3, 0.4) is 0 Å². The molecule has 0 aliphatic carbocycles. The molecular weight excluding hydrogens is 227 g/mol. The second-order valence-corrected chi connectivity index (χ2v) is 3.69. The molecule has 1 aromatic carbocycles. The number of carbonyl (C=O) groups is 1. The summed E-state index contributed by atoms with van der Waals surface area (Å²) in [6, 6.07) is 3.91. The van der Waals surface area contributed by atoms with Crippen molar-refractivity contribution in [1.29, 1.82) is 0 Å². The van der Waals surface area contributed by atoms with Gasteiger partial charge in [0.25, 0.3) is 0 Å². The summed E-state index contributed by atoms with van der Waals surface area (Å²) in [6.45, 7) is 4.27. The number of hydrogen-bond donors (Lipinski definition) is 1. The summed E-state index contributed by atoms with van der Waals surface area (Å²) in [6.07, 6.45) is 0.0741. The van der Waals surface area contributed by atoms with E-state index in [1.165, 1.54) is 12.1 Å². The van der Waals surface area contributed by atoms with E-state index in [-0.39, 0.29) is 18.5 Å². The molecule has 0 amide bonds. The Bertz CT molecular complexity index is 390. The van der Waals surface area contributed by atoms with Crippen molar-refractivity contribution in [2.24, 2.45) is 0 Å². The molecule has 4 nitrogen and oxygen atoms in total. The average molecular weight is 242 g/mol. The molecule has 0 aliphatic heterocycles. The predicted octanol–water partition coefficient (Wildman–Crippen LogP) is 2.33.